The van der Waals surface area contributed by atoms with Gasteiger partial charge in [-0.05, 0) is 19.3 Å². The molecule has 0 bridgehead atoms. The van der Waals surface area contributed by atoms with Crippen molar-refractivity contribution in [1.82, 2.24) is 15.3 Å². The van der Waals surface area contributed by atoms with Gasteiger partial charge in [-0.15, -0.1) is 0 Å². The van der Waals surface area contributed by atoms with Crippen molar-refractivity contribution in [3.63, 3.8) is 0 Å². The first-order valence-electron chi connectivity index (χ1n) is 8.40. The second-order valence-electron chi connectivity index (χ2n) is 6.29. The smallest absolute Gasteiger partial charge is 0.270 e. The van der Waals surface area contributed by atoms with Gasteiger partial charge in [0.15, 0.2) is 5.82 Å². The topological polar surface area (TPSA) is 78.4 Å². The van der Waals surface area contributed by atoms with Crippen LogP contribution in [-0.2, 0) is 6.42 Å². The minimum absolute atomic E-state index is 0.130. The number of nitrogens with zero attached hydrogens (tertiary/aromatic N) is 3. The normalized spacial score (nSPS) is 18.2. The quantitative estimate of drug-likeness (QED) is 0.873. The highest BCUT2D eigenvalue weighted by molar-refractivity contribution is 5.96. The van der Waals surface area contributed by atoms with Gasteiger partial charge < -0.3 is 15.3 Å². The Bertz CT molecular complexity index is 755. The van der Waals surface area contributed by atoms with Gasteiger partial charge in [0.25, 0.3) is 5.91 Å². The van der Waals surface area contributed by atoms with E-state index in [1.807, 2.05) is 30.3 Å². The first-order chi connectivity index (χ1) is 11.7. The minimum Gasteiger partial charge on any atom is -0.393 e. The van der Waals surface area contributed by atoms with E-state index in [0.717, 1.165) is 49.3 Å². The van der Waals surface area contributed by atoms with E-state index in [2.05, 4.69) is 15.2 Å². The molecule has 0 radical (unpaired) electrons. The van der Waals surface area contributed by atoms with Crippen LogP contribution in [0.15, 0.2) is 30.3 Å². The van der Waals surface area contributed by atoms with Crippen LogP contribution in [0.2, 0.25) is 0 Å². The van der Waals surface area contributed by atoms with Crippen molar-refractivity contribution in [2.24, 2.45) is 0 Å². The van der Waals surface area contributed by atoms with Crippen LogP contribution in [0.5, 0.6) is 0 Å². The molecule has 2 aromatic rings. The van der Waals surface area contributed by atoms with Crippen LogP contribution in [0.4, 0.5) is 5.82 Å². The van der Waals surface area contributed by atoms with Crippen LogP contribution >= 0.6 is 0 Å². The lowest BCUT2D eigenvalue weighted by Crippen LogP contribution is -2.40. The Kier molecular flexibility index (Phi) is 3.90. The summed E-state index contributed by atoms with van der Waals surface area (Å²) < 4.78 is 0. The fraction of sp³-hybridized carbons (Fsp3) is 0.389. The summed E-state index contributed by atoms with van der Waals surface area (Å²) in [6, 6.07) is 9.73. The zero-order chi connectivity index (χ0) is 16.5. The monoisotopic (exact) mass is 324 g/mol. The van der Waals surface area contributed by atoms with Crippen LogP contribution in [0.3, 0.4) is 0 Å². The molecule has 1 amide bonds. The largest absolute Gasteiger partial charge is 0.393 e. The van der Waals surface area contributed by atoms with Crippen molar-refractivity contribution >= 4 is 11.7 Å². The van der Waals surface area contributed by atoms with E-state index in [1.54, 1.807) is 0 Å². The highest BCUT2D eigenvalue weighted by Crippen LogP contribution is 2.29. The lowest BCUT2D eigenvalue weighted by molar-refractivity contribution is 0.0940. The van der Waals surface area contributed by atoms with E-state index in [9.17, 15) is 9.90 Å². The van der Waals surface area contributed by atoms with E-state index in [4.69, 9.17) is 4.98 Å². The average Bonchev–Trinajstić information content (AvgIpc) is 2.63. The molecule has 24 heavy (non-hydrogen) atoms. The maximum absolute atomic E-state index is 12.3. The van der Waals surface area contributed by atoms with Gasteiger partial charge in [0.1, 0.15) is 11.5 Å². The molecule has 0 atom stereocenters. The molecule has 1 fully saturated rings. The number of amides is 1. The van der Waals surface area contributed by atoms with E-state index in [1.165, 1.54) is 0 Å². The number of aromatic nitrogens is 2. The predicted molar refractivity (Wildman–Crippen MR) is 91.0 cm³/mol. The first kappa shape index (κ1) is 15.1. The van der Waals surface area contributed by atoms with Crippen molar-refractivity contribution in [3.05, 3.63) is 41.6 Å². The number of anilines is 1. The van der Waals surface area contributed by atoms with Crippen LogP contribution < -0.4 is 10.2 Å². The highest BCUT2D eigenvalue weighted by Gasteiger charge is 2.28. The Balaban J connectivity index is 1.82. The number of aliphatic hydroxyl groups excluding tert-OH is 1. The third kappa shape index (κ3) is 2.73. The molecule has 1 saturated heterocycles. The molecule has 2 aliphatic heterocycles. The van der Waals surface area contributed by atoms with Crippen molar-refractivity contribution in [1.29, 1.82) is 0 Å². The predicted octanol–water partition coefficient (Wildman–Crippen LogP) is 1.39. The maximum atomic E-state index is 12.3. The van der Waals surface area contributed by atoms with Crippen molar-refractivity contribution < 1.29 is 9.90 Å². The molecule has 1 aromatic carbocycles. The van der Waals surface area contributed by atoms with Crippen LogP contribution in [-0.4, -0.2) is 46.7 Å². The third-order valence-corrected chi connectivity index (χ3v) is 4.66. The summed E-state index contributed by atoms with van der Waals surface area (Å²) in [7, 11) is 0. The SMILES string of the molecule is O=C1NCCc2c1nc(-c1ccccc1)nc2N1CCC(O)CC1. The van der Waals surface area contributed by atoms with E-state index < -0.39 is 0 Å². The van der Waals surface area contributed by atoms with E-state index in [-0.39, 0.29) is 12.0 Å². The maximum Gasteiger partial charge on any atom is 0.270 e. The summed E-state index contributed by atoms with van der Waals surface area (Å²) >= 11 is 0. The first-order valence-corrected chi connectivity index (χ1v) is 8.40. The minimum atomic E-state index is -0.240. The molecule has 1 aromatic heterocycles. The van der Waals surface area contributed by atoms with Gasteiger partial charge in [-0.25, -0.2) is 9.97 Å². The van der Waals surface area contributed by atoms with Gasteiger partial charge in [0, 0.05) is 30.8 Å². The molecule has 0 unspecified atom stereocenters. The van der Waals surface area contributed by atoms with Crippen LogP contribution in [0.25, 0.3) is 11.4 Å². The van der Waals surface area contributed by atoms with Crippen LogP contribution in [0.1, 0.15) is 28.9 Å². The Morgan fingerprint density at radius 2 is 1.88 bits per heavy atom. The van der Waals surface area contributed by atoms with Gasteiger partial charge >= 0.3 is 0 Å². The molecule has 4 rings (SSSR count). The molecule has 2 aliphatic rings. The number of carbonyl (C=O) groups excluding carboxylic acids is 1. The molecular weight excluding hydrogens is 304 g/mol. The number of hydrogen-bond donors (Lipinski definition) is 2. The summed E-state index contributed by atoms with van der Waals surface area (Å²) in [6.07, 6.45) is 1.96. The molecule has 6 nitrogen and oxygen atoms in total. The number of benzene rings is 1. The molecule has 6 heteroatoms. The fourth-order valence-electron chi connectivity index (χ4n) is 3.33. The molecule has 124 valence electrons. The summed E-state index contributed by atoms with van der Waals surface area (Å²) in [5.41, 5.74) is 2.31. The lowest BCUT2D eigenvalue weighted by Gasteiger charge is -2.33. The number of nitrogens with one attached hydrogen (secondary N) is 1. The molecule has 2 N–H and O–H groups in total. The van der Waals surface area contributed by atoms with Crippen molar-refractivity contribution in [3.8, 4) is 11.4 Å². The number of piperidine rings is 1. The Hall–Kier alpha value is -2.47. The van der Waals surface area contributed by atoms with E-state index in [0.29, 0.717) is 18.1 Å². The summed E-state index contributed by atoms with van der Waals surface area (Å²) in [5, 5.41) is 12.6. The number of fused-ring (bicyclic) bond motifs is 1. The fourth-order valence-corrected chi connectivity index (χ4v) is 3.33. The van der Waals surface area contributed by atoms with Gasteiger partial charge in [0.2, 0.25) is 0 Å². The summed E-state index contributed by atoms with van der Waals surface area (Å²) in [4.78, 5) is 23.8. The van der Waals surface area contributed by atoms with E-state index >= 15 is 0 Å². The van der Waals surface area contributed by atoms with Crippen LogP contribution in [0, 0.1) is 0 Å². The van der Waals surface area contributed by atoms with Gasteiger partial charge in [-0.1, -0.05) is 30.3 Å². The number of carbonyl (C=O) groups is 1. The molecule has 0 spiro atoms. The molecule has 3 heterocycles. The highest BCUT2D eigenvalue weighted by atomic mass is 16.3. The summed E-state index contributed by atoms with van der Waals surface area (Å²) in [5.74, 6) is 1.29. The molecular formula is C18H20N4O2. The third-order valence-electron chi connectivity index (χ3n) is 4.66. The van der Waals surface area contributed by atoms with Gasteiger partial charge in [-0.2, -0.15) is 0 Å². The van der Waals surface area contributed by atoms with Gasteiger partial charge in [0.05, 0.1) is 6.10 Å². The Morgan fingerprint density at radius 1 is 1.12 bits per heavy atom. The zero-order valence-electron chi connectivity index (χ0n) is 13.4. The molecule has 0 aliphatic carbocycles. The zero-order valence-corrected chi connectivity index (χ0v) is 13.4. The average molecular weight is 324 g/mol. The number of hydrogen-bond acceptors (Lipinski definition) is 5. The van der Waals surface area contributed by atoms with Crippen molar-refractivity contribution in [2.75, 3.05) is 24.5 Å². The van der Waals surface area contributed by atoms with Gasteiger partial charge in [-0.3, -0.25) is 4.79 Å². The Labute approximate surface area is 140 Å². The summed E-state index contributed by atoms with van der Waals surface area (Å²) in [6.45, 7) is 2.12. The molecule has 0 saturated carbocycles. The standard InChI is InChI=1S/C18H20N4O2/c23-13-7-10-22(11-8-13)17-14-6-9-19-18(24)15(14)20-16(21-17)12-4-2-1-3-5-12/h1-5,13,23H,6-11H2,(H,19,24). The second kappa shape index (κ2) is 6.20. The van der Waals surface area contributed by atoms with Crippen molar-refractivity contribution in [2.45, 2.75) is 25.4 Å². The Morgan fingerprint density at radius 3 is 2.62 bits per heavy atom. The number of rotatable bonds is 2. The number of aliphatic hydroxyl groups is 1. The lowest BCUT2D eigenvalue weighted by atomic mass is 10.0. The second-order valence-corrected chi connectivity index (χ2v) is 6.29.